The number of benzene rings is 3. The summed E-state index contributed by atoms with van der Waals surface area (Å²) in [6.07, 6.45) is -0.132. The van der Waals surface area contributed by atoms with E-state index >= 15 is 0 Å². The molecule has 4 aromatic rings. The summed E-state index contributed by atoms with van der Waals surface area (Å²) >= 11 is 0. The third-order valence-electron chi connectivity index (χ3n) is 5.65. The van der Waals surface area contributed by atoms with Crippen LogP contribution in [0.3, 0.4) is 0 Å². The molecule has 0 aliphatic heterocycles. The third kappa shape index (κ3) is 3.95. The predicted molar refractivity (Wildman–Crippen MR) is 125 cm³/mol. The molecule has 4 rings (SSSR count). The Morgan fingerprint density at radius 3 is 2.34 bits per heavy atom. The average Bonchev–Trinajstić information content (AvgIpc) is 2.79. The number of para-hydroxylation sites is 2. The van der Waals surface area contributed by atoms with E-state index in [-0.39, 0.29) is 23.5 Å². The lowest BCUT2D eigenvalue weighted by atomic mass is 9.96. The van der Waals surface area contributed by atoms with E-state index < -0.39 is 17.4 Å². The van der Waals surface area contributed by atoms with Gasteiger partial charge in [0.2, 0.25) is 0 Å². The number of hydrogen-bond acceptors (Lipinski definition) is 5. The predicted octanol–water partition coefficient (Wildman–Crippen LogP) is 4.68. The van der Waals surface area contributed by atoms with E-state index in [0.717, 1.165) is 11.3 Å². The van der Waals surface area contributed by atoms with Crippen LogP contribution in [0.4, 0.5) is 5.69 Å². The molecule has 1 heterocycles. The normalized spacial score (nSPS) is 11.9. The maximum atomic E-state index is 13.3. The topological polar surface area (TPSA) is 91.6 Å². The van der Waals surface area contributed by atoms with Gasteiger partial charge in [-0.15, -0.1) is 0 Å². The summed E-state index contributed by atoms with van der Waals surface area (Å²) in [5.74, 6) is -0.790. The molecular weight excluding hydrogens is 404 g/mol. The molecule has 162 valence electrons. The first-order chi connectivity index (χ1) is 15.4. The lowest BCUT2D eigenvalue weighted by Gasteiger charge is -2.21. The molecule has 3 N–H and O–H groups in total. The zero-order valence-electron chi connectivity index (χ0n) is 17.9. The molecule has 1 atom stereocenters. The van der Waals surface area contributed by atoms with Crippen molar-refractivity contribution in [2.45, 2.75) is 19.4 Å². The number of fused-ring (bicyclic) bond motifs is 1. The third-order valence-corrected chi connectivity index (χ3v) is 5.65. The van der Waals surface area contributed by atoms with Gasteiger partial charge in [-0.25, -0.2) is 0 Å². The van der Waals surface area contributed by atoms with Gasteiger partial charge in [-0.1, -0.05) is 48.0 Å². The van der Waals surface area contributed by atoms with Crippen molar-refractivity contribution in [3.8, 4) is 11.5 Å². The van der Waals surface area contributed by atoms with Crippen LogP contribution in [-0.2, 0) is 7.05 Å². The summed E-state index contributed by atoms with van der Waals surface area (Å²) in [5.41, 5.74) is 2.12. The van der Waals surface area contributed by atoms with Gasteiger partial charge in [-0.2, -0.15) is 0 Å². The van der Waals surface area contributed by atoms with E-state index in [1.165, 1.54) is 4.57 Å². The first-order valence-corrected chi connectivity index (χ1v) is 10.3. The second kappa shape index (κ2) is 8.59. The molecule has 0 fully saturated rings. The van der Waals surface area contributed by atoms with Crippen LogP contribution >= 0.6 is 0 Å². The van der Waals surface area contributed by atoms with E-state index in [2.05, 4.69) is 5.32 Å². The molecule has 0 amide bonds. The van der Waals surface area contributed by atoms with Crippen LogP contribution in [0.15, 0.2) is 77.6 Å². The van der Waals surface area contributed by atoms with E-state index in [9.17, 15) is 19.8 Å². The van der Waals surface area contributed by atoms with Crippen molar-refractivity contribution in [1.29, 1.82) is 0 Å². The first-order valence-electron chi connectivity index (χ1n) is 10.3. The fourth-order valence-corrected chi connectivity index (χ4v) is 3.89. The number of pyridine rings is 1. The van der Waals surface area contributed by atoms with Crippen molar-refractivity contribution in [3.05, 3.63) is 99.8 Å². The second-order valence-electron chi connectivity index (χ2n) is 7.85. The van der Waals surface area contributed by atoms with Gasteiger partial charge < -0.3 is 20.1 Å². The Labute approximate surface area is 185 Å². The number of phenolic OH excluding ortho intramolecular Hbond substituents is 1. The van der Waals surface area contributed by atoms with E-state index in [4.69, 9.17) is 0 Å². The maximum absolute atomic E-state index is 13.3. The summed E-state index contributed by atoms with van der Waals surface area (Å²) in [6, 6.07) is 20.7. The number of aryl methyl sites for hydroxylation is 2. The molecule has 0 spiro atoms. The Morgan fingerprint density at radius 2 is 1.62 bits per heavy atom. The summed E-state index contributed by atoms with van der Waals surface area (Å²) in [5, 5.41) is 24.9. The van der Waals surface area contributed by atoms with Gasteiger partial charge in [0.25, 0.3) is 5.56 Å². The van der Waals surface area contributed by atoms with Crippen LogP contribution in [0.25, 0.3) is 10.9 Å². The molecule has 0 radical (unpaired) electrons. The van der Waals surface area contributed by atoms with E-state index in [1.54, 1.807) is 55.6 Å². The zero-order chi connectivity index (χ0) is 22.8. The van der Waals surface area contributed by atoms with Crippen LogP contribution in [0, 0.1) is 6.92 Å². The summed E-state index contributed by atoms with van der Waals surface area (Å²) < 4.78 is 1.37. The molecular formula is C26H24N2O4. The number of ketones is 1. The smallest absolute Gasteiger partial charge is 0.265 e. The van der Waals surface area contributed by atoms with Crippen molar-refractivity contribution in [2.75, 3.05) is 5.32 Å². The largest absolute Gasteiger partial charge is 0.508 e. The highest BCUT2D eigenvalue weighted by Gasteiger charge is 2.26. The number of hydrogen-bond donors (Lipinski definition) is 3. The molecule has 0 saturated heterocycles. The van der Waals surface area contributed by atoms with Crippen molar-refractivity contribution in [3.63, 3.8) is 0 Å². The van der Waals surface area contributed by atoms with Gasteiger partial charge in [-0.05, 0) is 37.3 Å². The second-order valence-corrected chi connectivity index (χ2v) is 7.85. The summed E-state index contributed by atoms with van der Waals surface area (Å²) in [7, 11) is 1.58. The fourth-order valence-electron chi connectivity index (χ4n) is 3.89. The van der Waals surface area contributed by atoms with Crippen LogP contribution in [0.1, 0.15) is 33.9 Å². The van der Waals surface area contributed by atoms with Crippen molar-refractivity contribution >= 4 is 22.4 Å². The molecule has 1 aromatic heterocycles. The number of phenols is 1. The molecule has 3 aromatic carbocycles. The van der Waals surface area contributed by atoms with Crippen LogP contribution in [0.5, 0.6) is 11.5 Å². The monoisotopic (exact) mass is 428 g/mol. The highest BCUT2D eigenvalue weighted by Crippen LogP contribution is 2.33. The van der Waals surface area contributed by atoms with E-state index in [0.29, 0.717) is 16.5 Å². The van der Waals surface area contributed by atoms with Gasteiger partial charge in [0, 0.05) is 30.1 Å². The van der Waals surface area contributed by atoms with Gasteiger partial charge in [0.05, 0.1) is 11.6 Å². The fraction of sp³-hybridized carbons (Fsp3) is 0.154. The summed E-state index contributed by atoms with van der Waals surface area (Å²) in [4.78, 5) is 26.3. The summed E-state index contributed by atoms with van der Waals surface area (Å²) in [6.45, 7) is 1.98. The van der Waals surface area contributed by atoms with Gasteiger partial charge in [0.1, 0.15) is 17.1 Å². The molecule has 6 nitrogen and oxygen atoms in total. The molecule has 0 bridgehead atoms. The Bertz CT molecular complexity index is 1360. The average molecular weight is 428 g/mol. The lowest BCUT2D eigenvalue weighted by molar-refractivity contribution is 0.0972. The van der Waals surface area contributed by atoms with E-state index in [1.807, 2.05) is 31.2 Å². The minimum atomic E-state index is -0.609. The lowest BCUT2D eigenvalue weighted by Crippen LogP contribution is -2.26. The highest BCUT2D eigenvalue weighted by atomic mass is 16.3. The first kappa shape index (κ1) is 21.2. The number of carbonyl (C=O) groups excluding carboxylic acids is 1. The number of anilines is 1. The molecule has 32 heavy (non-hydrogen) atoms. The van der Waals surface area contributed by atoms with Crippen molar-refractivity contribution in [2.24, 2.45) is 7.05 Å². The zero-order valence-corrected chi connectivity index (χ0v) is 17.9. The number of nitrogens with zero attached hydrogens (tertiary/aromatic N) is 1. The number of aromatic hydroxyl groups is 2. The Hall–Kier alpha value is -4.06. The van der Waals surface area contributed by atoms with Crippen LogP contribution in [0.2, 0.25) is 0 Å². The number of carbonyl (C=O) groups is 1. The van der Waals surface area contributed by atoms with Crippen LogP contribution < -0.4 is 10.9 Å². The van der Waals surface area contributed by atoms with Gasteiger partial charge >= 0.3 is 0 Å². The molecule has 0 aliphatic carbocycles. The number of nitrogens with one attached hydrogen (secondary N) is 1. The molecule has 0 aliphatic rings. The van der Waals surface area contributed by atoms with Gasteiger partial charge in [-0.3, -0.25) is 9.59 Å². The minimum absolute atomic E-state index is 0.0422. The maximum Gasteiger partial charge on any atom is 0.265 e. The molecule has 6 heteroatoms. The highest BCUT2D eigenvalue weighted by molar-refractivity contribution is 6.03. The van der Waals surface area contributed by atoms with Crippen molar-refractivity contribution < 1.29 is 15.0 Å². The molecule has 0 unspecified atom stereocenters. The number of aromatic nitrogens is 1. The van der Waals surface area contributed by atoms with Crippen LogP contribution in [-0.4, -0.2) is 20.6 Å². The number of Topliss-reactive ketones (excluding diaryl/α,β-unsaturated/α-hetero) is 1. The standard InChI is InChI=1S/C26H24N2O4/c1-16-11-13-17(14-12-16)27-20(18-7-4-6-10-22(18)29)15-23(30)24-25(31)19-8-3-5-9-21(19)28(2)26(24)32/h3-14,20,27,29,31H,15H2,1-2H3/t20-/m1/s1. The Morgan fingerprint density at radius 1 is 0.969 bits per heavy atom. The molecule has 0 saturated carbocycles. The quantitative estimate of drug-likeness (QED) is 0.388. The SMILES string of the molecule is Cc1ccc(N[C@H](CC(=O)c2c(O)c3ccccc3n(C)c2=O)c2ccccc2O)cc1. The minimum Gasteiger partial charge on any atom is -0.508 e. The number of rotatable bonds is 6. The Kier molecular flexibility index (Phi) is 5.69. The van der Waals surface area contributed by atoms with Crippen molar-refractivity contribution in [1.82, 2.24) is 4.57 Å². The Balaban J connectivity index is 1.76. The van der Waals surface area contributed by atoms with Gasteiger partial charge in [0.15, 0.2) is 5.78 Å².